The molecule has 0 spiro atoms. The van der Waals surface area contributed by atoms with Gasteiger partial charge in [-0.05, 0) is 28.8 Å². The lowest BCUT2D eigenvalue weighted by Gasteiger charge is -2.09. The molecule has 1 fully saturated rings. The highest BCUT2D eigenvalue weighted by Gasteiger charge is 2.20. The lowest BCUT2D eigenvalue weighted by atomic mass is 10.1. The Bertz CT molecular complexity index is 998. The maximum absolute atomic E-state index is 13.6. The molecule has 1 aliphatic heterocycles. The third kappa shape index (κ3) is 5.04. The number of hydrogen-bond acceptors (Lipinski definition) is 5. The lowest BCUT2D eigenvalue weighted by Crippen LogP contribution is -2.31. The topological polar surface area (TPSA) is 73.6 Å². The van der Waals surface area contributed by atoms with E-state index in [2.05, 4.69) is 22.6 Å². The summed E-state index contributed by atoms with van der Waals surface area (Å²) in [4.78, 5) is 12.2. The van der Waals surface area contributed by atoms with E-state index in [0.29, 0.717) is 42.7 Å². The molecule has 1 aromatic heterocycles. The van der Waals surface area contributed by atoms with Gasteiger partial charge < -0.3 is 19.3 Å². The number of aromatic nitrogens is 1. The molecular weight excluding hydrogens is 387 g/mol. The number of fused-ring (bicyclic) bond motifs is 1. The van der Waals surface area contributed by atoms with Crippen molar-refractivity contribution in [2.45, 2.75) is 32.7 Å². The minimum atomic E-state index is -0.753. The van der Waals surface area contributed by atoms with E-state index < -0.39 is 6.67 Å². The second-order valence-electron chi connectivity index (χ2n) is 7.55. The van der Waals surface area contributed by atoms with Crippen molar-refractivity contribution in [1.29, 1.82) is 0 Å². The van der Waals surface area contributed by atoms with Crippen LogP contribution in [-0.2, 0) is 40.6 Å². The van der Waals surface area contributed by atoms with Crippen molar-refractivity contribution in [3.05, 3.63) is 65.0 Å². The Morgan fingerprint density at radius 2 is 2.07 bits per heavy atom. The fourth-order valence-electron chi connectivity index (χ4n) is 3.59. The van der Waals surface area contributed by atoms with Crippen molar-refractivity contribution in [2.24, 2.45) is 5.92 Å². The van der Waals surface area contributed by atoms with Gasteiger partial charge in [0.25, 0.3) is 0 Å². The fraction of sp³-hybridized carbons (Fsp3) is 0.391. The van der Waals surface area contributed by atoms with Crippen LogP contribution in [0.3, 0.4) is 0 Å². The molecule has 1 amide bonds. The molecule has 0 radical (unpaired) electrons. The van der Waals surface area contributed by atoms with Crippen LogP contribution < -0.4 is 5.32 Å². The Balaban J connectivity index is 1.30. The Morgan fingerprint density at radius 1 is 1.20 bits per heavy atom. The summed E-state index contributed by atoms with van der Waals surface area (Å²) in [6.07, 6.45) is 0.930. The highest BCUT2D eigenvalue weighted by Crippen LogP contribution is 2.20. The van der Waals surface area contributed by atoms with E-state index in [9.17, 15) is 9.18 Å². The maximum Gasteiger partial charge on any atom is 0.226 e. The first kappa shape index (κ1) is 20.5. The number of hydrogen-bond donors (Lipinski definition) is 1. The molecule has 2 heterocycles. The van der Waals surface area contributed by atoms with Crippen LogP contribution in [0.4, 0.5) is 4.39 Å². The summed E-state index contributed by atoms with van der Waals surface area (Å²) in [5.41, 5.74) is 1.64. The molecule has 6 nitrogen and oxygen atoms in total. The average Bonchev–Trinajstić information content (AvgIpc) is 3.42. The van der Waals surface area contributed by atoms with Gasteiger partial charge in [-0.2, -0.15) is 0 Å². The van der Waals surface area contributed by atoms with Gasteiger partial charge in [-0.25, -0.2) is 4.39 Å². The Kier molecular flexibility index (Phi) is 6.71. The number of nitrogens with one attached hydrogen (secondary N) is 1. The van der Waals surface area contributed by atoms with Crippen molar-refractivity contribution in [2.75, 3.05) is 19.8 Å². The highest BCUT2D eigenvalue weighted by molar-refractivity contribution is 5.83. The van der Waals surface area contributed by atoms with Gasteiger partial charge in [-0.15, -0.1) is 0 Å². The van der Waals surface area contributed by atoms with Gasteiger partial charge in [0.05, 0.1) is 30.9 Å². The molecule has 1 saturated heterocycles. The van der Waals surface area contributed by atoms with E-state index in [1.54, 1.807) is 0 Å². The summed E-state index contributed by atoms with van der Waals surface area (Å²) < 4.78 is 29.9. The van der Waals surface area contributed by atoms with Crippen molar-refractivity contribution < 1.29 is 23.2 Å². The molecule has 4 rings (SSSR count). The third-order valence-corrected chi connectivity index (χ3v) is 5.34. The largest absolute Gasteiger partial charge is 0.381 e. The fourth-order valence-corrected chi connectivity index (χ4v) is 3.59. The van der Waals surface area contributed by atoms with E-state index in [1.807, 2.05) is 30.3 Å². The van der Waals surface area contributed by atoms with E-state index in [4.69, 9.17) is 14.0 Å². The summed E-state index contributed by atoms with van der Waals surface area (Å²) >= 11 is 0. The van der Waals surface area contributed by atoms with Crippen LogP contribution in [0, 0.1) is 5.92 Å². The summed E-state index contributed by atoms with van der Waals surface area (Å²) in [6, 6.07) is 14.2. The number of alkyl halides is 1. The van der Waals surface area contributed by atoms with Crippen LogP contribution in [0.5, 0.6) is 0 Å². The SMILES string of the molecule is O=C(Cc1noc(COCc2ccc3ccccc3c2)c1CF)NCC1CCOC1. The number of amides is 1. The second kappa shape index (κ2) is 9.82. The minimum absolute atomic E-state index is 0.0129. The van der Waals surface area contributed by atoms with Crippen molar-refractivity contribution in [3.8, 4) is 0 Å². The predicted molar refractivity (Wildman–Crippen MR) is 109 cm³/mol. The average molecular weight is 412 g/mol. The number of carbonyl (C=O) groups is 1. The molecule has 1 aliphatic rings. The van der Waals surface area contributed by atoms with Crippen LogP contribution in [-0.4, -0.2) is 30.8 Å². The van der Waals surface area contributed by atoms with Crippen LogP contribution in [0.1, 0.15) is 29.0 Å². The monoisotopic (exact) mass is 412 g/mol. The first-order valence-corrected chi connectivity index (χ1v) is 10.1. The maximum atomic E-state index is 13.6. The molecule has 1 unspecified atom stereocenters. The first-order chi connectivity index (χ1) is 14.7. The van der Waals surface area contributed by atoms with Crippen LogP contribution in [0.15, 0.2) is 47.0 Å². The van der Waals surface area contributed by atoms with Gasteiger partial charge in [0.2, 0.25) is 5.91 Å². The van der Waals surface area contributed by atoms with Gasteiger partial charge in [0.15, 0.2) is 5.76 Å². The zero-order chi connectivity index (χ0) is 20.8. The van der Waals surface area contributed by atoms with Gasteiger partial charge in [0, 0.05) is 19.1 Å². The number of benzene rings is 2. The summed E-state index contributed by atoms with van der Waals surface area (Å²) in [6.45, 7) is 1.67. The first-order valence-electron chi connectivity index (χ1n) is 10.1. The zero-order valence-electron chi connectivity index (χ0n) is 16.7. The van der Waals surface area contributed by atoms with Gasteiger partial charge >= 0.3 is 0 Å². The minimum Gasteiger partial charge on any atom is -0.381 e. The molecule has 0 aliphatic carbocycles. The molecule has 158 valence electrons. The molecular formula is C23H25FN2O4. The predicted octanol–water partition coefficient (Wildman–Crippen LogP) is 3.71. The Morgan fingerprint density at radius 3 is 2.87 bits per heavy atom. The van der Waals surface area contributed by atoms with E-state index in [1.165, 1.54) is 5.39 Å². The van der Waals surface area contributed by atoms with Crippen molar-refractivity contribution in [1.82, 2.24) is 10.5 Å². The van der Waals surface area contributed by atoms with Gasteiger partial charge in [0.1, 0.15) is 13.3 Å². The van der Waals surface area contributed by atoms with Gasteiger partial charge in [-0.1, -0.05) is 41.6 Å². The van der Waals surface area contributed by atoms with Gasteiger partial charge in [-0.3, -0.25) is 4.79 Å². The molecule has 1 N–H and O–H groups in total. The summed E-state index contributed by atoms with van der Waals surface area (Å²) in [7, 11) is 0. The highest BCUT2D eigenvalue weighted by atomic mass is 19.1. The van der Waals surface area contributed by atoms with E-state index in [0.717, 1.165) is 24.0 Å². The summed E-state index contributed by atoms with van der Waals surface area (Å²) in [5.74, 6) is 0.463. The number of nitrogens with zero attached hydrogens (tertiary/aromatic N) is 1. The molecule has 0 bridgehead atoms. The van der Waals surface area contributed by atoms with Crippen LogP contribution in [0.25, 0.3) is 10.8 Å². The smallest absolute Gasteiger partial charge is 0.226 e. The van der Waals surface area contributed by atoms with Crippen LogP contribution >= 0.6 is 0 Å². The van der Waals surface area contributed by atoms with Crippen molar-refractivity contribution >= 4 is 16.7 Å². The number of rotatable bonds is 9. The molecule has 2 aromatic carbocycles. The van der Waals surface area contributed by atoms with Crippen molar-refractivity contribution in [3.63, 3.8) is 0 Å². The number of halogens is 1. The summed E-state index contributed by atoms with van der Waals surface area (Å²) in [5, 5.41) is 9.06. The Hall–Kier alpha value is -2.77. The zero-order valence-corrected chi connectivity index (χ0v) is 16.7. The molecule has 0 saturated carbocycles. The van der Waals surface area contributed by atoms with Crippen LogP contribution in [0.2, 0.25) is 0 Å². The number of ether oxygens (including phenoxy) is 2. The molecule has 3 aromatic rings. The normalized spacial score (nSPS) is 16.2. The molecule has 7 heteroatoms. The van der Waals surface area contributed by atoms with E-state index in [-0.39, 0.29) is 18.9 Å². The standard InChI is InChI=1S/C23H25FN2O4/c24-11-20-21(10-23(27)25-12-17-7-8-28-14-17)26-30-22(20)15-29-13-16-5-6-18-3-1-2-4-19(18)9-16/h1-6,9,17H,7-8,10-15H2,(H,25,27). The second-order valence-corrected chi connectivity index (χ2v) is 7.55. The lowest BCUT2D eigenvalue weighted by molar-refractivity contribution is -0.120. The molecule has 30 heavy (non-hydrogen) atoms. The Labute approximate surface area is 174 Å². The third-order valence-electron chi connectivity index (χ3n) is 5.34. The quantitative estimate of drug-likeness (QED) is 0.580. The van der Waals surface area contributed by atoms with E-state index >= 15 is 0 Å². The molecule has 1 atom stereocenters. The number of carbonyl (C=O) groups excluding carboxylic acids is 1.